The number of nitrogens with one attached hydrogen (secondary N) is 2. The normalized spacial score (nSPS) is 13.8. The predicted octanol–water partition coefficient (Wildman–Crippen LogP) is 2.56. The molecule has 1 aromatic heterocycles. The monoisotopic (exact) mass is 287 g/mol. The number of hydrogen-bond acceptors (Lipinski definition) is 4. The standard InChI is InChI=1S/C15H17N3O3/c1-20-10-5-6-11(14(7-10)21-2)16-15(19)13-8-12(17-18-13)9-3-4-9/h5-9H,3-4H2,1-2H3,(H,16,19)(H,17,18). The highest BCUT2D eigenvalue weighted by Gasteiger charge is 2.26. The van der Waals surface area contributed by atoms with E-state index >= 15 is 0 Å². The number of H-pyrrole nitrogens is 1. The number of hydrogen-bond donors (Lipinski definition) is 2. The highest BCUT2D eigenvalue weighted by Crippen LogP contribution is 2.39. The maximum absolute atomic E-state index is 12.2. The predicted molar refractivity (Wildman–Crippen MR) is 78.1 cm³/mol. The molecule has 3 rings (SSSR count). The first-order valence-corrected chi connectivity index (χ1v) is 6.80. The molecule has 21 heavy (non-hydrogen) atoms. The fourth-order valence-electron chi connectivity index (χ4n) is 2.14. The van der Waals surface area contributed by atoms with E-state index in [0.29, 0.717) is 28.8 Å². The van der Waals surface area contributed by atoms with Crippen LogP contribution < -0.4 is 14.8 Å². The van der Waals surface area contributed by atoms with E-state index in [1.165, 1.54) is 0 Å². The van der Waals surface area contributed by atoms with Gasteiger partial charge in [0, 0.05) is 17.7 Å². The number of ether oxygens (including phenoxy) is 2. The largest absolute Gasteiger partial charge is 0.497 e. The van der Waals surface area contributed by atoms with Crippen LogP contribution in [-0.2, 0) is 0 Å². The second-order valence-electron chi connectivity index (χ2n) is 5.00. The first-order chi connectivity index (χ1) is 10.2. The molecule has 0 radical (unpaired) electrons. The van der Waals surface area contributed by atoms with Crippen molar-refractivity contribution in [3.63, 3.8) is 0 Å². The summed E-state index contributed by atoms with van der Waals surface area (Å²) in [4.78, 5) is 12.2. The molecule has 0 bridgehead atoms. The van der Waals surface area contributed by atoms with Crippen molar-refractivity contribution in [2.45, 2.75) is 18.8 Å². The molecule has 1 amide bonds. The zero-order valence-corrected chi connectivity index (χ0v) is 12.0. The first-order valence-electron chi connectivity index (χ1n) is 6.80. The molecule has 1 aromatic carbocycles. The number of carbonyl (C=O) groups excluding carboxylic acids is 1. The summed E-state index contributed by atoms with van der Waals surface area (Å²) in [5, 5.41) is 9.78. The van der Waals surface area contributed by atoms with Crippen LogP contribution in [0.2, 0.25) is 0 Å². The lowest BCUT2D eigenvalue weighted by molar-refractivity contribution is 0.102. The minimum absolute atomic E-state index is 0.262. The Balaban J connectivity index is 1.76. The minimum Gasteiger partial charge on any atom is -0.497 e. The van der Waals surface area contributed by atoms with Crippen LogP contribution in [0.25, 0.3) is 0 Å². The minimum atomic E-state index is -0.262. The number of amides is 1. The average molecular weight is 287 g/mol. The molecular formula is C15H17N3O3. The number of nitrogens with zero attached hydrogens (tertiary/aromatic N) is 1. The lowest BCUT2D eigenvalue weighted by Crippen LogP contribution is -2.13. The van der Waals surface area contributed by atoms with E-state index in [1.807, 2.05) is 6.07 Å². The molecule has 1 aliphatic carbocycles. The first kappa shape index (κ1) is 13.5. The van der Waals surface area contributed by atoms with Crippen LogP contribution in [0.15, 0.2) is 24.3 Å². The summed E-state index contributed by atoms with van der Waals surface area (Å²) in [5.74, 6) is 1.48. The smallest absolute Gasteiger partial charge is 0.276 e. The molecular weight excluding hydrogens is 270 g/mol. The topological polar surface area (TPSA) is 76.2 Å². The van der Waals surface area contributed by atoms with Gasteiger partial charge in [-0.3, -0.25) is 9.89 Å². The molecule has 2 N–H and O–H groups in total. The molecule has 2 aromatic rings. The molecule has 6 heteroatoms. The van der Waals surface area contributed by atoms with Crippen LogP contribution in [0.4, 0.5) is 5.69 Å². The molecule has 0 unspecified atom stereocenters. The van der Waals surface area contributed by atoms with Crippen LogP contribution in [0.5, 0.6) is 11.5 Å². The summed E-state index contributed by atoms with van der Waals surface area (Å²) in [6.07, 6.45) is 2.32. The Bertz CT molecular complexity index is 662. The van der Waals surface area contributed by atoms with Gasteiger partial charge >= 0.3 is 0 Å². The number of benzene rings is 1. The number of aromatic nitrogens is 2. The van der Waals surface area contributed by atoms with Gasteiger partial charge < -0.3 is 14.8 Å². The molecule has 0 spiro atoms. The van der Waals surface area contributed by atoms with Crippen LogP contribution >= 0.6 is 0 Å². The van der Waals surface area contributed by atoms with Crippen LogP contribution in [0.3, 0.4) is 0 Å². The summed E-state index contributed by atoms with van der Waals surface area (Å²) < 4.78 is 10.4. The molecule has 6 nitrogen and oxygen atoms in total. The van der Waals surface area contributed by atoms with Crippen molar-refractivity contribution >= 4 is 11.6 Å². The van der Waals surface area contributed by atoms with E-state index in [-0.39, 0.29) is 5.91 Å². The van der Waals surface area contributed by atoms with Crippen molar-refractivity contribution < 1.29 is 14.3 Å². The van der Waals surface area contributed by atoms with E-state index in [0.717, 1.165) is 18.5 Å². The van der Waals surface area contributed by atoms with Gasteiger partial charge in [0.2, 0.25) is 0 Å². The summed E-state index contributed by atoms with van der Waals surface area (Å²) >= 11 is 0. The summed E-state index contributed by atoms with van der Waals surface area (Å²) in [6.45, 7) is 0. The zero-order chi connectivity index (χ0) is 14.8. The molecule has 1 heterocycles. The average Bonchev–Trinajstić information content (AvgIpc) is 3.24. The molecule has 1 fully saturated rings. The zero-order valence-electron chi connectivity index (χ0n) is 12.0. The fourth-order valence-corrected chi connectivity index (χ4v) is 2.14. The fraction of sp³-hybridized carbons (Fsp3) is 0.333. The number of carbonyl (C=O) groups is 1. The number of rotatable bonds is 5. The van der Waals surface area contributed by atoms with E-state index in [2.05, 4.69) is 15.5 Å². The molecule has 110 valence electrons. The van der Waals surface area contributed by atoms with E-state index < -0.39 is 0 Å². The quantitative estimate of drug-likeness (QED) is 0.886. The van der Waals surface area contributed by atoms with Crippen molar-refractivity contribution in [3.05, 3.63) is 35.7 Å². The van der Waals surface area contributed by atoms with Gasteiger partial charge in [0.15, 0.2) is 5.69 Å². The maximum atomic E-state index is 12.2. The Labute approximate surface area is 122 Å². The van der Waals surface area contributed by atoms with Crippen molar-refractivity contribution in [1.29, 1.82) is 0 Å². The highest BCUT2D eigenvalue weighted by molar-refractivity contribution is 6.03. The Kier molecular flexibility index (Phi) is 3.51. The van der Waals surface area contributed by atoms with E-state index in [4.69, 9.17) is 9.47 Å². The van der Waals surface area contributed by atoms with E-state index in [9.17, 15) is 4.79 Å². The van der Waals surface area contributed by atoms with Gasteiger partial charge in [-0.05, 0) is 31.0 Å². The molecule has 1 aliphatic rings. The summed E-state index contributed by atoms with van der Waals surface area (Å²) in [7, 11) is 3.13. The van der Waals surface area contributed by atoms with Crippen molar-refractivity contribution in [1.82, 2.24) is 10.2 Å². The van der Waals surface area contributed by atoms with Gasteiger partial charge in [-0.25, -0.2) is 0 Å². The van der Waals surface area contributed by atoms with Crippen LogP contribution in [-0.4, -0.2) is 30.3 Å². The van der Waals surface area contributed by atoms with Gasteiger partial charge in [-0.1, -0.05) is 0 Å². The number of methoxy groups -OCH3 is 2. The van der Waals surface area contributed by atoms with Gasteiger partial charge in [0.1, 0.15) is 11.5 Å². The number of aromatic amines is 1. The Morgan fingerprint density at radius 2 is 2.10 bits per heavy atom. The molecule has 0 saturated heterocycles. The number of anilines is 1. The van der Waals surface area contributed by atoms with Gasteiger partial charge in [0.05, 0.1) is 19.9 Å². The Morgan fingerprint density at radius 1 is 1.29 bits per heavy atom. The maximum Gasteiger partial charge on any atom is 0.276 e. The molecule has 1 saturated carbocycles. The third-order valence-corrected chi connectivity index (χ3v) is 3.50. The van der Waals surface area contributed by atoms with Crippen LogP contribution in [0.1, 0.15) is 34.9 Å². The highest BCUT2D eigenvalue weighted by atomic mass is 16.5. The second kappa shape index (κ2) is 5.47. The SMILES string of the molecule is COc1ccc(NC(=O)c2cc(C3CC3)[nH]n2)c(OC)c1. The summed E-state index contributed by atoms with van der Waals surface area (Å²) in [5.41, 5.74) is 2.00. The van der Waals surface area contributed by atoms with Gasteiger partial charge in [-0.15, -0.1) is 0 Å². The summed E-state index contributed by atoms with van der Waals surface area (Å²) in [6, 6.07) is 7.03. The molecule has 0 aliphatic heterocycles. The second-order valence-corrected chi connectivity index (χ2v) is 5.00. The lowest BCUT2D eigenvalue weighted by Gasteiger charge is -2.10. The molecule has 0 atom stereocenters. The lowest BCUT2D eigenvalue weighted by atomic mass is 10.2. The van der Waals surface area contributed by atoms with Gasteiger partial charge in [0.25, 0.3) is 5.91 Å². The Hall–Kier alpha value is -2.50. The van der Waals surface area contributed by atoms with Crippen molar-refractivity contribution in [3.8, 4) is 11.5 Å². The van der Waals surface area contributed by atoms with Gasteiger partial charge in [-0.2, -0.15) is 5.10 Å². The van der Waals surface area contributed by atoms with Crippen molar-refractivity contribution in [2.24, 2.45) is 0 Å². The third-order valence-electron chi connectivity index (χ3n) is 3.50. The Morgan fingerprint density at radius 3 is 2.76 bits per heavy atom. The van der Waals surface area contributed by atoms with Crippen molar-refractivity contribution in [2.75, 3.05) is 19.5 Å². The third kappa shape index (κ3) is 2.84. The van der Waals surface area contributed by atoms with E-state index in [1.54, 1.807) is 32.4 Å². The van der Waals surface area contributed by atoms with Crippen LogP contribution in [0, 0.1) is 0 Å².